The molecule has 1 unspecified atom stereocenters. The molecule has 1 aromatic rings. The summed E-state index contributed by atoms with van der Waals surface area (Å²) < 4.78 is 0. The summed E-state index contributed by atoms with van der Waals surface area (Å²) in [5.74, 6) is 1.27. The Morgan fingerprint density at radius 3 is 2.95 bits per heavy atom. The molecule has 20 heavy (non-hydrogen) atoms. The number of hydrogen-bond acceptors (Lipinski definition) is 4. The fraction of sp³-hybridized carbons (Fsp3) is 0.733. The van der Waals surface area contributed by atoms with Crippen molar-refractivity contribution in [2.45, 2.75) is 52.5 Å². The van der Waals surface area contributed by atoms with Crippen LogP contribution in [0.3, 0.4) is 0 Å². The van der Waals surface area contributed by atoms with E-state index in [1.807, 2.05) is 0 Å². The summed E-state index contributed by atoms with van der Waals surface area (Å²) in [6.07, 6.45) is 2.83. The molecule has 1 fully saturated rings. The van der Waals surface area contributed by atoms with Gasteiger partial charge in [0.15, 0.2) is 0 Å². The SMILES string of the molecule is Cc1sc(CNC(=O)CCC2CCNC2)nc1C(C)C. The first-order valence-corrected chi connectivity index (χ1v) is 8.31. The average Bonchev–Trinajstić information content (AvgIpc) is 3.03. The van der Waals surface area contributed by atoms with Crippen LogP contribution < -0.4 is 10.6 Å². The summed E-state index contributed by atoms with van der Waals surface area (Å²) in [5.41, 5.74) is 1.16. The van der Waals surface area contributed by atoms with Gasteiger partial charge < -0.3 is 10.6 Å². The Bertz CT molecular complexity index is 450. The van der Waals surface area contributed by atoms with Crippen molar-refractivity contribution >= 4 is 17.2 Å². The van der Waals surface area contributed by atoms with E-state index in [9.17, 15) is 4.79 Å². The second-order valence-electron chi connectivity index (χ2n) is 5.88. The van der Waals surface area contributed by atoms with Crippen molar-refractivity contribution in [1.82, 2.24) is 15.6 Å². The average molecular weight is 295 g/mol. The van der Waals surface area contributed by atoms with Crippen LogP contribution in [0, 0.1) is 12.8 Å². The van der Waals surface area contributed by atoms with Crippen LogP contribution in [-0.4, -0.2) is 24.0 Å². The standard InChI is InChI=1S/C15H25N3OS/c1-10(2)15-11(3)20-14(18-15)9-17-13(19)5-4-12-6-7-16-8-12/h10,12,16H,4-9H2,1-3H3,(H,17,19). The smallest absolute Gasteiger partial charge is 0.220 e. The van der Waals surface area contributed by atoms with Gasteiger partial charge in [-0.15, -0.1) is 11.3 Å². The molecule has 1 amide bonds. The van der Waals surface area contributed by atoms with Crippen LogP contribution in [-0.2, 0) is 11.3 Å². The number of carbonyl (C=O) groups excluding carboxylic acids is 1. The van der Waals surface area contributed by atoms with Crippen molar-refractivity contribution in [1.29, 1.82) is 0 Å². The number of amides is 1. The highest BCUT2D eigenvalue weighted by molar-refractivity contribution is 7.11. The lowest BCUT2D eigenvalue weighted by atomic mass is 10.0. The van der Waals surface area contributed by atoms with Crippen LogP contribution in [0.5, 0.6) is 0 Å². The van der Waals surface area contributed by atoms with Crippen molar-refractivity contribution in [3.05, 3.63) is 15.6 Å². The third-order valence-electron chi connectivity index (χ3n) is 3.80. The van der Waals surface area contributed by atoms with E-state index in [4.69, 9.17) is 0 Å². The number of hydrogen-bond donors (Lipinski definition) is 2. The van der Waals surface area contributed by atoms with E-state index in [0.29, 0.717) is 24.8 Å². The molecule has 0 aliphatic carbocycles. The molecular formula is C15H25N3OS. The van der Waals surface area contributed by atoms with E-state index in [0.717, 1.165) is 30.2 Å². The summed E-state index contributed by atoms with van der Waals surface area (Å²) in [7, 11) is 0. The summed E-state index contributed by atoms with van der Waals surface area (Å²) in [5, 5.41) is 7.34. The Morgan fingerprint density at radius 1 is 1.55 bits per heavy atom. The minimum atomic E-state index is 0.149. The van der Waals surface area contributed by atoms with E-state index in [-0.39, 0.29) is 5.91 Å². The molecule has 0 radical (unpaired) electrons. The van der Waals surface area contributed by atoms with Gasteiger partial charge in [-0.3, -0.25) is 4.79 Å². The normalized spacial score (nSPS) is 18.7. The lowest BCUT2D eigenvalue weighted by Crippen LogP contribution is -2.23. The molecule has 1 saturated heterocycles. The number of nitrogens with zero attached hydrogens (tertiary/aromatic N) is 1. The Hall–Kier alpha value is -0.940. The molecule has 2 heterocycles. The number of nitrogens with one attached hydrogen (secondary N) is 2. The van der Waals surface area contributed by atoms with Crippen molar-refractivity contribution in [3.63, 3.8) is 0 Å². The third-order valence-corrected chi connectivity index (χ3v) is 4.79. The molecule has 0 spiro atoms. The maximum absolute atomic E-state index is 11.8. The van der Waals surface area contributed by atoms with Crippen LogP contribution in [0.4, 0.5) is 0 Å². The second kappa shape index (κ2) is 7.18. The molecule has 4 nitrogen and oxygen atoms in total. The van der Waals surface area contributed by atoms with E-state index in [1.165, 1.54) is 11.3 Å². The zero-order valence-electron chi connectivity index (χ0n) is 12.7. The van der Waals surface area contributed by atoms with Gasteiger partial charge in [0.25, 0.3) is 0 Å². The maximum Gasteiger partial charge on any atom is 0.220 e. The Morgan fingerprint density at radius 2 is 2.35 bits per heavy atom. The second-order valence-corrected chi connectivity index (χ2v) is 7.17. The molecule has 0 saturated carbocycles. The molecule has 1 aliphatic rings. The summed E-state index contributed by atoms with van der Waals surface area (Å²) in [6.45, 7) is 9.14. The van der Waals surface area contributed by atoms with E-state index < -0.39 is 0 Å². The predicted molar refractivity (Wildman–Crippen MR) is 83.0 cm³/mol. The molecule has 1 atom stereocenters. The number of aromatic nitrogens is 1. The lowest BCUT2D eigenvalue weighted by Gasteiger charge is -2.07. The Kier molecular flexibility index (Phi) is 5.54. The molecule has 1 aliphatic heterocycles. The zero-order chi connectivity index (χ0) is 14.5. The topological polar surface area (TPSA) is 54.0 Å². The van der Waals surface area contributed by atoms with Crippen LogP contribution in [0.2, 0.25) is 0 Å². The minimum absolute atomic E-state index is 0.149. The van der Waals surface area contributed by atoms with Crippen molar-refractivity contribution in [3.8, 4) is 0 Å². The van der Waals surface area contributed by atoms with Crippen LogP contribution in [0.1, 0.15) is 54.6 Å². The number of carbonyl (C=O) groups is 1. The van der Waals surface area contributed by atoms with Crippen molar-refractivity contribution < 1.29 is 4.79 Å². The van der Waals surface area contributed by atoms with Gasteiger partial charge in [0.1, 0.15) is 5.01 Å². The fourth-order valence-electron chi connectivity index (χ4n) is 2.63. The van der Waals surface area contributed by atoms with E-state index in [2.05, 4.69) is 36.4 Å². The monoisotopic (exact) mass is 295 g/mol. The number of aryl methyl sites for hydroxylation is 1. The lowest BCUT2D eigenvalue weighted by molar-refractivity contribution is -0.121. The van der Waals surface area contributed by atoms with Gasteiger partial charge >= 0.3 is 0 Å². The third kappa shape index (κ3) is 4.28. The van der Waals surface area contributed by atoms with Crippen LogP contribution in [0.25, 0.3) is 0 Å². The Labute approximate surface area is 125 Å². The van der Waals surface area contributed by atoms with Crippen molar-refractivity contribution in [2.24, 2.45) is 5.92 Å². The summed E-state index contributed by atoms with van der Waals surface area (Å²) >= 11 is 1.69. The molecule has 2 rings (SSSR count). The first-order chi connectivity index (χ1) is 9.56. The molecule has 2 N–H and O–H groups in total. The zero-order valence-corrected chi connectivity index (χ0v) is 13.5. The first kappa shape index (κ1) is 15.4. The molecule has 112 valence electrons. The van der Waals surface area contributed by atoms with Gasteiger partial charge in [-0.2, -0.15) is 0 Å². The van der Waals surface area contributed by atoms with E-state index >= 15 is 0 Å². The number of rotatable bonds is 6. The van der Waals surface area contributed by atoms with Crippen LogP contribution in [0.15, 0.2) is 0 Å². The van der Waals surface area contributed by atoms with E-state index in [1.54, 1.807) is 11.3 Å². The Balaban J connectivity index is 1.73. The van der Waals surface area contributed by atoms with Gasteiger partial charge in [-0.05, 0) is 44.7 Å². The fourth-order valence-corrected chi connectivity index (χ4v) is 3.66. The highest BCUT2D eigenvalue weighted by atomic mass is 32.1. The maximum atomic E-state index is 11.8. The largest absolute Gasteiger partial charge is 0.350 e. The van der Waals surface area contributed by atoms with Crippen molar-refractivity contribution in [2.75, 3.05) is 13.1 Å². The van der Waals surface area contributed by atoms with Gasteiger partial charge in [-0.25, -0.2) is 4.98 Å². The van der Waals surface area contributed by atoms with Gasteiger partial charge in [0.2, 0.25) is 5.91 Å². The van der Waals surface area contributed by atoms with Gasteiger partial charge in [0.05, 0.1) is 12.2 Å². The summed E-state index contributed by atoms with van der Waals surface area (Å²) in [6, 6.07) is 0. The van der Waals surface area contributed by atoms with Gasteiger partial charge in [0, 0.05) is 11.3 Å². The first-order valence-electron chi connectivity index (χ1n) is 7.50. The molecule has 0 bridgehead atoms. The predicted octanol–water partition coefficient (Wildman–Crippen LogP) is 2.58. The van der Waals surface area contributed by atoms with Gasteiger partial charge in [-0.1, -0.05) is 13.8 Å². The quantitative estimate of drug-likeness (QED) is 0.848. The molecule has 5 heteroatoms. The minimum Gasteiger partial charge on any atom is -0.350 e. The number of thiazole rings is 1. The molecular weight excluding hydrogens is 270 g/mol. The summed E-state index contributed by atoms with van der Waals surface area (Å²) in [4.78, 5) is 17.7. The molecule has 0 aromatic carbocycles. The highest BCUT2D eigenvalue weighted by Crippen LogP contribution is 2.24. The highest BCUT2D eigenvalue weighted by Gasteiger charge is 2.16. The molecule has 1 aromatic heterocycles. The van der Waals surface area contributed by atoms with Crippen LogP contribution >= 0.6 is 11.3 Å².